The topological polar surface area (TPSA) is 92.7 Å². The predicted octanol–water partition coefficient (Wildman–Crippen LogP) is 5.99. The summed E-state index contributed by atoms with van der Waals surface area (Å²) in [5, 5.41) is 10.3. The van der Waals surface area contributed by atoms with Crippen molar-refractivity contribution in [2.24, 2.45) is 5.92 Å². The summed E-state index contributed by atoms with van der Waals surface area (Å²) in [7, 11) is 0. The summed E-state index contributed by atoms with van der Waals surface area (Å²) in [6.07, 6.45) is 1.83. The van der Waals surface area contributed by atoms with Gasteiger partial charge < -0.3 is 19.5 Å². The molecule has 0 saturated carbocycles. The summed E-state index contributed by atoms with van der Waals surface area (Å²) in [5.41, 5.74) is 6.39. The third-order valence-electron chi connectivity index (χ3n) is 9.53. The van der Waals surface area contributed by atoms with Crippen molar-refractivity contribution in [3.05, 3.63) is 63.8 Å². The van der Waals surface area contributed by atoms with Crippen LogP contribution >= 0.6 is 0 Å². The quantitative estimate of drug-likeness (QED) is 0.409. The number of benzene rings is 2. The number of ketones is 1. The van der Waals surface area contributed by atoms with E-state index in [-0.39, 0.29) is 17.3 Å². The molecule has 0 radical (unpaired) electrons. The van der Waals surface area contributed by atoms with Crippen LogP contribution in [0.4, 0.5) is 10.5 Å². The summed E-state index contributed by atoms with van der Waals surface area (Å²) in [5.74, 6) is 0.648. The summed E-state index contributed by atoms with van der Waals surface area (Å²) < 4.78 is 5.56. The van der Waals surface area contributed by atoms with Crippen LogP contribution in [-0.4, -0.2) is 78.1 Å². The first kappa shape index (κ1) is 29.3. The van der Waals surface area contributed by atoms with Gasteiger partial charge in [0.1, 0.15) is 5.60 Å². The molecule has 8 nitrogen and oxygen atoms in total. The van der Waals surface area contributed by atoms with Crippen molar-refractivity contribution in [3.63, 3.8) is 0 Å². The van der Waals surface area contributed by atoms with Gasteiger partial charge in [-0.3, -0.25) is 9.69 Å². The molecule has 2 aromatic carbocycles. The fourth-order valence-electron chi connectivity index (χ4n) is 7.14. The van der Waals surface area contributed by atoms with Crippen LogP contribution in [0, 0.1) is 24.2 Å². The molecule has 3 aliphatic rings. The Hall–Kier alpha value is -3.83. The summed E-state index contributed by atoms with van der Waals surface area (Å²) in [6, 6.07) is 12.1. The Labute approximate surface area is 254 Å². The molecule has 0 unspecified atom stereocenters. The standard InChI is InChI=1S/C35H43N5O3/c1-22-17-26-27(35(5,6)32-30(31(26)41)25-8-7-24(20-36)18-28(25)37-32)19-29(22)39-15-13-38(14-16-39)21-23-9-11-40(12-10-23)33(42)43-34(2,3)4/h7-8,17-19,23,37H,9-16,21H2,1-6H3. The van der Waals surface area contributed by atoms with Gasteiger partial charge in [0, 0.05) is 79.1 Å². The number of hydrogen-bond donors (Lipinski definition) is 1. The van der Waals surface area contributed by atoms with Gasteiger partial charge in [-0.1, -0.05) is 19.9 Å². The highest BCUT2D eigenvalue weighted by molar-refractivity contribution is 6.20. The number of aromatic nitrogens is 1. The first-order valence-electron chi connectivity index (χ1n) is 15.6. The highest BCUT2D eigenvalue weighted by Gasteiger charge is 2.40. The van der Waals surface area contributed by atoms with E-state index in [2.05, 4.69) is 53.8 Å². The molecule has 0 spiro atoms. The minimum absolute atomic E-state index is 0.0532. The number of likely N-dealkylation sites (tertiary alicyclic amines) is 1. The lowest BCUT2D eigenvalue weighted by Gasteiger charge is -2.41. The number of piperazine rings is 1. The molecule has 1 aliphatic carbocycles. The highest BCUT2D eigenvalue weighted by atomic mass is 16.6. The van der Waals surface area contributed by atoms with Crippen molar-refractivity contribution in [3.8, 4) is 6.07 Å². The molecule has 2 fully saturated rings. The predicted molar refractivity (Wildman–Crippen MR) is 169 cm³/mol. The van der Waals surface area contributed by atoms with E-state index in [0.29, 0.717) is 11.5 Å². The first-order chi connectivity index (χ1) is 20.4. The maximum atomic E-state index is 13.9. The second-order valence-electron chi connectivity index (χ2n) is 14.1. The summed E-state index contributed by atoms with van der Waals surface area (Å²) in [6.45, 7) is 18.7. The molecule has 43 heavy (non-hydrogen) atoms. The number of hydrogen-bond acceptors (Lipinski definition) is 6. The van der Waals surface area contributed by atoms with E-state index in [9.17, 15) is 14.9 Å². The fraction of sp³-hybridized carbons (Fsp3) is 0.514. The molecule has 8 heteroatoms. The maximum absolute atomic E-state index is 13.9. The Bertz CT molecular complexity index is 1620. The van der Waals surface area contributed by atoms with Crippen molar-refractivity contribution < 1.29 is 14.3 Å². The van der Waals surface area contributed by atoms with E-state index in [1.54, 1.807) is 6.07 Å². The lowest BCUT2D eigenvalue weighted by Crippen LogP contribution is -2.49. The third-order valence-corrected chi connectivity index (χ3v) is 9.53. The number of aryl methyl sites for hydroxylation is 1. The average Bonchev–Trinajstić information content (AvgIpc) is 3.36. The zero-order valence-corrected chi connectivity index (χ0v) is 26.3. The van der Waals surface area contributed by atoms with E-state index in [0.717, 1.165) is 97.5 Å². The molecule has 2 saturated heterocycles. The Balaban J connectivity index is 1.13. The monoisotopic (exact) mass is 581 g/mol. The molecular weight excluding hydrogens is 538 g/mol. The largest absolute Gasteiger partial charge is 0.444 e. The first-order valence-corrected chi connectivity index (χ1v) is 15.6. The summed E-state index contributed by atoms with van der Waals surface area (Å²) >= 11 is 0. The van der Waals surface area contributed by atoms with Gasteiger partial charge in [-0.2, -0.15) is 5.26 Å². The van der Waals surface area contributed by atoms with Crippen molar-refractivity contribution >= 4 is 28.5 Å². The van der Waals surface area contributed by atoms with Crippen molar-refractivity contribution in [2.75, 3.05) is 50.7 Å². The number of piperidine rings is 1. The van der Waals surface area contributed by atoms with Gasteiger partial charge in [0.05, 0.1) is 17.2 Å². The number of nitrogens with one attached hydrogen (secondary N) is 1. The minimum atomic E-state index is -0.460. The van der Waals surface area contributed by atoms with Crippen LogP contribution in [0.2, 0.25) is 0 Å². The fourth-order valence-corrected chi connectivity index (χ4v) is 7.14. The van der Waals surface area contributed by atoms with Crippen LogP contribution in [0.3, 0.4) is 0 Å². The number of anilines is 1. The number of nitriles is 1. The zero-order valence-electron chi connectivity index (χ0n) is 26.3. The molecule has 2 aliphatic heterocycles. The molecule has 3 heterocycles. The average molecular weight is 582 g/mol. The zero-order chi connectivity index (χ0) is 30.7. The lowest BCUT2D eigenvalue weighted by atomic mass is 9.70. The van der Waals surface area contributed by atoms with Crippen LogP contribution in [0.5, 0.6) is 0 Å². The van der Waals surface area contributed by atoms with Crippen molar-refractivity contribution in [1.29, 1.82) is 5.26 Å². The molecule has 0 bridgehead atoms. The van der Waals surface area contributed by atoms with Crippen molar-refractivity contribution in [2.45, 2.75) is 65.4 Å². The van der Waals surface area contributed by atoms with Gasteiger partial charge >= 0.3 is 6.09 Å². The molecule has 6 rings (SSSR count). The van der Waals surface area contributed by atoms with E-state index >= 15 is 0 Å². The number of fused-ring (bicyclic) bond motifs is 4. The SMILES string of the molecule is Cc1cc2c(cc1N1CCN(CC3CCN(C(=O)OC(C)(C)C)CC3)CC1)C(C)(C)c1[nH]c3cc(C#N)ccc3c1C2=O. The maximum Gasteiger partial charge on any atom is 0.410 e. The molecule has 0 atom stereocenters. The number of carbonyl (C=O) groups is 2. The number of ether oxygens (including phenoxy) is 1. The molecule has 3 aromatic rings. The number of carbonyl (C=O) groups excluding carboxylic acids is 2. The Morgan fingerprint density at radius 2 is 1.77 bits per heavy atom. The van der Waals surface area contributed by atoms with Crippen LogP contribution in [0.1, 0.15) is 85.8 Å². The van der Waals surface area contributed by atoms with Gasteiger partial charge in [0.25, 0.3) is 0 Å². The molecular formula is C35H43N5O3. The van der Waals surface area contributed by atoms with E-state index in [1.807, 2.05) is 37.8 Å². The molecule has 1 aromatic heterocycles. The normalized spacial score (nSPS) is 19.2. The van der Waals surface area contributed by atoms with Crippen LogP contribution in [0.15, 0.2) is 30.3 Å². The number of rotatable bonds is 3. The van der Waals surface area contributed by atoms with Gasteiger partial charge in [-0.05, 0) is 81.8 Å². The minimum Gasteiger partial charge on any atom is -0.444 e. The Morgan fingerprint density at radius 1 is 1.07 bits per heavy atom. The smallest absolute Gasteiger partial charge is 0.410 e. The van der Waals surface area contributed by atoms with Gasteiger partial charge in [-0.15, -0.1) is 0 Å². The second-order valence-corrected chi connectivity index (χ2v) is 14.1. The number of amides is 1. The molecule has 226 valence electrons. The van der Waals surface area contributed by atoms with Crippen LogP contribution < -0.4 is 4.90 Å². The van der Waals surface area contributed by atoms with Crippen LogP contribution in [-0.2, 0) is 10.2 Å². The number of H-pyrrole nitrogens is 1. The third kappa shape index (κ3) is 5.40. The van der Waals surface area contributed by atoms with Gasteiger partial charge in [0.2, 0.25) is 0 Å². The van der Waals surface area contributed by atoms with E-state index in [1.165, 1.54) is 5.69 Å². The van der Waals surface area contributed by atoms with Crippen LogP contribution in [0.25, 0.3) is 10.9 Å². The van der Waals surface area contributed by atoms with E-state index in [4.69, 9.17) is 4.74 Å². The van der Waals surface area contributed by atoms with Gasteiger partial charge in [0.15, 0.2) is 5.78 Å². The summed E-state index contributed by atoms with van der Waals surface area (Å²) in [4.78, 5) is 36.7. The van der Waals surface area contributed by atoms with E-state index < -0.39 is 5.60 Å². The highest BCUT2D eigenvalue weighted by Crippen LogP contribution is 2.45. The number of aromatic amines is 1. The lowest BCUT2D eigenvalue weighted by molar-refractivity contribution is 0.0168. The molecule has 1 amide bonds. The Kier molecular flexibility index (Phi) is 7.29. The Morgan fingerprint density at radius 3 is 2.42 bits per heavy atom. The molecule has 1 N–H and O–H groups in total. The van der Waals surface area contributed by atoms with Gasteiger partial charge in [-0.25, -0.2) is 4.79 Å². The number of nitrogens with zero attached hydrogens (tertiary/aromatic N) is 4. The second kappa shape index (κ2) is 10.7. The van der Waals surface area contributed by atoms with Crippen molar-refractivity contribution in [1.82, 2.24) is 14.8 Å².